The van der Waals surface area contributed by atoms with E-state index in [4.69, 9.17) is 21.3 Å². The summed E-state index contributed by atoms with van der Waals surface area (Å²) in [6.07, 6.45) is 5.43. The molecule has 0 spiro atoms. The zero-order valence-electron chi connectivity index (χ0n) is 20.6. The van der Waals surface area contributed by atoms with Crippen molar-refractivity contribution in [2.45, 2.75) is 38.3 Å². The van der Waals surface area contributed by atoms with Gasteiger partial charge in [-0.05, 0) is 48.7 Å². The predicted octanol–water partition coefficient (Wildman–Crippen LogP) is 2.67. The van der Waals surface area contributed by atoms with Crippen molar-refractivity contribution in [3.63, 3.8) is 0 Å². The van der Waals surface area contributed by atoms with E-state index < -0.39 is 27.8 Å². The quantitative estimate of drug-likeness (QED) is 0.304. The van der Waals surface area contributed by atoms with Gasteiger partial charge in [-0.3, -0.25) is 19.9 Å². The van der Waals surface area contributed by atoms with Crippen LogP contribution in [0.5, 0.6) is 5.75 Å². The summed E-state index contributed by atoms with van der Waals surface area (Å²) in [6.45, 7) is 3.28. The fourth-order valence-corrected chi connectivity index (χ4v) is 6.25. The van der Waals surface area contributed by atoms with Crippen molar-refractivity contribution in [3.8, 4) is 5.75 Å². The van der Waals surface area contributed by atoms with E-state index >= 15 is 0 Å². The number of nitrogens with two attached hydrogens (primary N) is 1. The maximum atomic E-state index is 13.1. The summed E-state index contributed by atoms with van der Waals surface area (Å²) in [7, 11) is -4.14. The molecule has 1 fully saturated rings. The Morgan fingerprint density at radius 2 is 1.92 bits per heavy atom. The van der Waals surface area contributed by atoms with Gasteiger partial charge in [-0.15, -0.1) is 0 Å². The van der Waals surface area contributed by atoms with E-state index in [2.05, 4.69) is 0 Å². The number of likely N-dealkylation sites (tertiary alicyclic amines) is 1. The number of aliphatic carboxylic acids is 1. The van der Waals surface area contributed by atoms with Crippen molar-refractivity contribution in [3.05, 3.63) is 65.2 Å². The van der Waals surface area contributed by atoms with Gasteiger partial charge in [0.2, 0.25) is 10.0 Å². The minimum absolute atomic E-state index is 0.00569. The first-order valence-electron chi connectivity index (χ1n) is 12.0. The molecule has 196 valence electrons. The van der Waals surface area contributed by atoms with Crippen LogP contribution in [0.4, 0.5) is 5.69 Å². The molecule has 0 saturated carbocycles. The number of benzene rings is 2. The van der Waals surface area contributed by atoms with Gasteiger partial charge in [0, 0.05) is 31.5 Å². The number of nitrogens with one attached hydrogen (secondary N) is 2. The Morgan fingerprint density at radius 3 is 2.57 bits per heavy atom. The summed E-state index contributed by atoms with van der Waals surface area (Å²) < 4.78 is 33.5. The molecule has 11 heteroatoms. The number of anilines is 1. The molecule has 2 heterocycles. The Morgan fingerprint density at radius 1 is 1.19 bits per heavy atom. The SMILES string of the molecule is CC(=N)N1CCC(Oc2ccc3c(c2)CC(/C=C/c2cccc(C(=N)N)c2)N3S(=O)(=O)CC(=O)O)CC1. The largest absolute Gasteiger partial charge is 0.490 e. The van der Waals surface area contributed by atoms with Gasteiger partial charge in [-0.2, -0.15) is 0 Å². The Balaban J connectivity index is 1.58. The molecule has 0 amide bonds. The highest BCUT2D eigenvalue weighted by Crippen LogP contribution is 2.38. The summed E-state index contributed by atoms with van der Waals surface area (Å²) in [5.41, 5.74) is 8.07. The van der Waals surface area contributed by atoms with Crippen molar-refractivity contribution in [2.24, 2.45) is 5.73 Å². The van der Waals surface area contributed by atoms with Gasteiger partial charge in [0.1, 0.15) is 17.7 Å². The average Bonchev–Trinajstić information content (AvgIpc) is 3.21. The van der Waals surface area contributed by atoms with E-state index in [-0.39, 0.29) is 11.9 Å². The maximum Gasteiger partial charge on any atom is 0.320 e. The lowest BCUT2D eigenvalue weighted by molar-refractivity contribution is -0.134. The smallest absolute Gasteiger partial charge is 0.320 e. The number of sulfonamides is 1. The number of ether oxygens (including phenoxy) is 1. The van der Waals surface area contributed by atoms with Crippen LogP contribution in [-0.2, 0) is 21.2 Å². The van der Waals surface area contributed by atoms with Crippen molar-refractivity contribution < 1.29 is 23.1 Å². The topological polar surface area (TPSA) is 161 Å². The predicted molar refractivity (Wildman–Crippen MR) is 143 cm³/mol. The number of nitrogens with zero attached hydrogens (tertiary/aromatic N) is 2. The molecule has 2 aromatic rings. The van der Waals surface area contributed by atoms with Gasteiger partial charge in [0.15, 0.2) is 5.75 Å². The summed E-state index contributed by atoms with van der Waals surface area (Å²) in [4.78, 5) is 13.3. The maximum absolute atomic E-state index is 13.1. The molecule has 0 bridgehead atoms. The molecule has 0 aromatic heterocycles. The molecule has 1 saturated heterocycles. The van der Waals surface area contributed by atoms with Crippen LogP contribution >= 0.6 is 0 Å². The number of hydrogen-bond donors (Lipinski definition) is 4. The molecular formula is C26H31N5O5S. The summed E-state index contributed by atoms with van der Waals surface area (Å²) in [5, 5.41) is 24.6. The normalized spacial score (nSPS) is 18.1. The van der Waals surface area contributed by atoms with E-state index in [1.54, 1.807) is 49.4 Å². The fourth-order valence-electron chi connectivity index (χ4n) is 4.76. The van der Waals surface area contributed by atoms with Crippen molar-refractivity contribution in [2.75, 3.05) is 23.1 Å². The van der Waals surface area contributed by atoms with Crippen LogP contribution in [0.2, 0.25) is 0 Å². The first-order chi connectivity index (χ1) is 17.5. The molecule has 5 N–H and O–H groups in total. The lowest BCUT2D eigenvalue weighted by Gasteiger charge is -2.32. The molecule has 2 aliphatic heterocycles. The Kier molecular flexibility index (Phi) is 7.53. The van der Waals surface area contributed by atoms with E-state index in [9.17, 15) is 18.3 Å². The lowest BCUT2D eigenvalue weighted by atomic mass is 10.1. The van der Waals surface area contributed by atoms with Gasteiger partial charge in [-0.25, -0.2) is 8.42 Å². The van der Waals surface area contributed by atoms with Crippen LogP contribution in [0.1, 0.15) is 36.5 Å². The molecule has 0 radical (unpaired) electrons. The highest BCUT2D eigenvalue weighted by Gasteiger charge is 2.37. The van der Waals surface area contributed by atoms with Crippen LogP contribution in [0.15, 0.2) is 48.5 Å². The third-order valence-corrected chi connectivity index (χ3v) is 8.23. The van der Waals surface area contributed by atoms with Crippen LogP contribution in [-0.4, -0.2) is 67.1 Å². The Bertz CT molecular complexity index is 1350. The number of nitrogen functional groups attached to an aromatic ring is 1. The summed E-state index contributed by atoms with van der Waals surface area (Å²) >= 11 is 0. The second-order valence-corrected chi connectivity index (χ2v) is 11.1. The molecule has 4 rings (SSSR count). The van der Waals surface area contributed by atoms with Crippen molar-refractivity contribution >= 4 is 39.4 Å². The monoisotopic (exact) mass is 525 g/mol. The third kappa shape index (κ3) is 6.11. The molecule has 0 aliphatic carbocycles. The summed E-state index contributed by atoms with van der Waals surface area (Å²) in [5.74, 6) is -1.32. The second kappa shape index (κ2) is 10.6. The van der Waals surface area contributed by atoms with Gasteiger partial charge in [-0.1, -0.05) is 30.4 Å². The highest BCUT2D eigenvalue weighted by atomic mass is 32.2. The number of piperidine rings is 1. The third-order valence-electron chi connectivity index (χ3n) is 6.55. The number of rotatable bonds is 8. The number of carboxylic acid groups (broad SMARTS) is 1. The zero-order valence-corrected chi connectivity index (χ0v) is 21.4. The fraction of sp³-hybridized carbons (Fsp3) is 0.346. The van der Waals surface area contributed by atoms with E-state index in [1.807, 2.05) is 17.0 Å². The Hall–Kier alpha value is -3.86. The highest BCUT2D eigenvalue weighted by molar-refractivity contribution is 7.93. The van der Waals surface area contributed by atoms with Crippen LogP contribution in [0.25, 0.3) is 6.08 Å². The standard InChI is InChI=1S/C26H31N5O5S/c1-17(27)30-11-9-22(10-12-30)36-23-7-8-24-20(15-23)14-21(31(24)37(34,35)16-25(32)33)6-5-18-3-2-4-19(13-18)26(28)29/h2-8,13,15,21-22,27H,9-12,14,16H2,1H3,(H3,28,29)(H,32,33)/b6-5+,27-17?. The number of fused-ring (bicyclic) bond motifs is 1. The molecule has 37 heavy (non-hydrogen) atoms. The molecule has 1 atom stereocenters. The van der Waals surface area contributed by atoms with E-state index in [0.29, 0.717) is 29.3 Å². The van der Waals surface area contributed by atoms with Crippen LogP contribution in [0, 0.1) is 10.8 Å². The molecule has 10 nitrogen and oxygen atoms in total. The van der Waals surface area contributed by atoms with Crippen molar-refractivity contribution in [1.82, 2.24) is 4.90 Å². The second-order valence-electron chi connectivity index (χ2n) is 9.30. The van der Waals surface area contributed by atoms with Gasteiger partial charge < -0.3 is 20.5 Å². The molecule has 1 unspecified atom stereocenters. The minimum Gasteiger partial charge on any atom is -0.490 e. The summed E-state index contributed by atoms with van der Waals surface area (Å²) in [6, 6.07) is 11.6. The van der Waals surface area contributed by atoms with Gasteiger partial charge in [0.25, 0.3) is 0 Å². The first kappa shape index (κ1) is 26.2. The van der Waals surface area contributed by atoms with E-state index in [0.717, 1.165) is 37.1 Å². The van der Waals surface area contributed by atoms with Crippen LogP contribution < -0.4 is 14.8 Å². The zero-order chi connectivity index (χ0) is 26.7. The number of carbonyl (C=O) groups is 1. The van der Waals surface area contributed by atoms with Gasteiger partial charge >= 0.3 is 5.97 Å². The number of hydrogen-bond acceptors (Lipinski definition) is 6. The molecular weight excluding hydrogens is 494 g/mol. The van der Waals surface area contributed by atoms with Crippen LogP contribution in [0.3, 0.4) is 0 Å². The molecule has 2 aliphatic rings. The Labute approximate surface area is 216 Å². The first-order valence-corrected chi connectivity index (χ1v) is 13.6. The number of carboxylic acids is 1. The van der Waals surface area contributed by atoms with Gasteiger partial charge in [0.05, 0.1) is 17.6 Å². The average molecular weight is 526 g/mol. The number of amidine groups is 2. The van der Waals surface area contributed by atoms with E-state index in [1.165, 1.54) is 4.31 Å². The lowest BCUT2D eigenvalue weighted by Crippen LogP contribution is -2.40. The minimum atomic E-state index is -4.14. The molecule has 2 aromatic carbocycles. The van der Waals surface area contributed by atoms with Crippen molar-refractivity contribution in [1.29, 1.82) is 10.8 Å².